The summed E-state index contributed by atoms with van der Waals surface area (Å²) in [5, 5.41) is 12.1. The van der Waals surface area contributed by atoms with Gasteiger partial charge < -0.3 is 15.3 Å². The fourth-order valence-corrected chi connectivity index (χ4v) is 3.52. The Labute approximate surface area is 142 Å². The van der Waals surface area contributed by atoms with E-state index in [1.54, 1.807) is 0 Å². The van der Waals surface area contributed by atoms with Crippen molar-refractivity contribution in [2.24, 2.45) is 5.92 Å². The maximum Gasteiger partial charge on any atom is 0.317 e. The van der Waals surface area contributed by atoms with E-state index in [1.165, 1.54) is 11.1 Å². The molecule has 0 bridgehead atoms. The first-order valence-electron chi connectivity index (χ1n) is 8.66. The maximum atomic E-state index is 12.4. The first-order valence-corrected chi connectivity index (χ1v) is 8.66. The monoisotopic (exact) mass is 328 g/mol. The van der Waals surface area contributed by atoms with Gasteiger partial charge in [0.1, 0.15) is 0 Å². The zero-order chi connectivity index (χ0) is 16.9. The summed E-state index contributed by atoms with van der Waals surface area (Å²) in [4.78, 5) is 25.2. The van der Waals surface area contributed by atoms with Crippen molar-refractivity contribution in [2.75, 3.05) is 13.1 Å². The molecular weight excluding hydrogens is 304 g/mol. The molecule has 128 valence electrons. The molecule has 3 rings (SSSR count). The van der Waals surface area contributed by atoms with Gasteiger partial charge in [-0.1, -0.05) is 36.4 Å². The lowest BCUT2D eigenvalue weighted by atomic mass is 9.86. The van der Waals surface area contributed by atoms with E-state index in [-0.39, 0.29) is 18.0 Å². The Kier molecular flexibility index (Phi) is 5.18. The Bertz CT molecular complexity index is 619. The van der Waals surface area contributed by atoms with Crippen LogP contribution in [-0.2, 0) is 4.79 Å². The van der Waals surface area contributed by atoms with Crippen LogP contribution in [0.1, 0.15) is 37.7 Å². The molecule has 1 fully saturated rings. The molecule has 1 aliphatic carbocycles. The predicted octanol–water partition coefficient (Wildman–Crippen LogP) is 3.13. The standard InChI is InChI=1S/C19H24N2O3/c22-18(23)16-6-8-17(9-7-16)20-19(24)21-12-10-15(11-13-21)14-4-2-1-3-5-14/h1-5,10,16-17H,6-9,11-13H2,(H,20,24)(H,22,23). The second-order valence-electron chi connectivity index (χ2n) is 6.63. The fourth-order valence-electron chi connectivity index (χ4n) is 3.52. The molecule has 1 heterocycles. The molecular formula is C19H24N2O3. The van der Waals surface area contributed by atoms with E-state index in [2.05, 4.69) is 23.5 Å². The van der Waals surface area contributed by atoms with Gasteiger partial charge in [0.05, 0.1) is 5.92 Å². The Morgan fingerprint density at radius 1 is 1.08 bits per heavy atom. The Balaban J connectivity index is 1.49. The molecule has 0 saturated heterocycles. The van der Waals surface area contributed by atoms with Gasteiger partial charge >= 0.3 is 12.0 Å². The van der Waals surface area contributed by atoms with Crippen LogP contribution in [0.25, 0.3) is 5.57 Å². The zero-order valence-electron chi connectivity index (χ0n) is 13.8. The lowest BCUT2D eigenvalue weighted by Gasteiger charge is -2.31. The Morgan fingerprint density at radius 3 is 2.38 bits per heavy atom. The molecule has 2 N–H and O–H groups in total. The second-order valence-corrected chi connectivity index (χ2v) is 6.63. The summed E-state index contributed by atoms with van der Waals surface area (Å²) in [6.45, 7) is 1.34. The molecule has 0 spiro atoms. The highest BCUT2D eigenvalue weighted by atomic mass is 16.4. The smallest absolute Gasteiger partial charge is 0.317 e. The number of carboxylic acid groups (broad SMARTS) is 1. The summed E-state index contributed by atoms with van der Waals surface area (Å²) in [6.07, 6.45) is 5.79. The molecule has 2 aliphatic rings. The minimum atomic E-state index is -0.714. The van der Waals surface area contributed by atoms with Gasteiger partial charge in [-0.25, -0.2) is 4.79 Å². The van der Waals surface area contributed by atoms with Crippen LogP contribution in [0.2, 0.25) is 0 Å². The maximum absolute atomic E-state index is 12.4. The Morgan fingerprint density at radius 2 is 1.79 bits per heavy atom. The van der Waals surface area contributed by atoms with Crippen molar-refractivity contribution in [2.45, 2.75) is 38.1 Å². The number of amides is 2. The largest absolute Gasteiger partial charge is 0.481 e. The molecule has 1 aromatic carbocycles. The summed E-state index contributed by atoms with van der Waals surface area (Å²) in [6, 6.07) is 10.3. The van der Waals surface area contributed by atoms with E-state index in [0.717, 1.165) is 25.8 Å². The molecule has 1 saturated carbocycles. The normalized spacial score (nSPS) is 24.2. The molecule has 0 radical (unpaired) electrons. The van der Waals surface area contributed by atoms with Crippen LogP contribution in [0.15, 0.2) is 36.4 Å². The van der Waals surface area contributed by atoms with E-state index >= 15 is 0 Å². The number of benzene rings is 1. The molecule has 2 amide bonds. The number of carboxylic acids is 1. The fraction of sp³-hybridized carbons (Fsp3) is 0.474. The van der Waals surface area contributed by atoms with Crippen molar-refractivity contribution < 1.29 is 14.7 Å². The lowest BCUT2D eigenvalue weighted by Crippen LogP contribution is -2.47. The third kappa shape index (κ3) is 3.96. The topological polar surface area (TPSA) is 69.6 Å². The molecule has 1 aromatic rings. The van der Waals surface area contributed by atoms with E-state index in [0.29, 0.717) is 19.4 Å². The van der Waals surface area contributed by atoms with Crippen LogP contribution >= 0.6 is 0 Å². The van der Waals surface area contributed by atoms with Crippen molar-refractivity contribution in [3.05, 3.63) is 42.0 Å². The summed E-state index contributed by atoms with van der Waals surface area (Å²) >= 11 is 0. The number of hydrogen-bond acceptors (Lipinski definition) is 2. The van der Waals surface area contributed by atoms with E-state index in [4.69, 9.17) is 5.11 Å². The minimum Gasteiger partial charge on any atom is -0.481 e. The number of urea groups is 1. The number of aliphatic carboxylic acids is 1. The second kappa shape index (κ2) is 7.51. The van der Waals surface area contributed by atoms with Crippen molar-refractivity contribution in [3.8, 4) is 0 Å². The molecule has 0 atom stereocenters. The first kappa shape index (κ1) is 16.6. The SMILES string of the molecule is O=C(O)C1CCC(NC(=O)N2CC=C(c3ccccc3)CC2)CC1. The number of hydrogen-bond donors (Lipinski definition) is 2. The van der Waals surface area contributed by atoms with Crippen LogP contribution in [0.5, 0.6) is 0 Å². The predicted molar refractivity (Wildman–Crippen MR) is 92.5 cm³/mol. The summed E-state index contributed by atoms with van der Waals surface area (Å²) < 4.78 is 0. The number of carbonyl (C=O) groups is 2. The van der Waals surface area contributed by atoms with E-state index in [1.807, 2.05) is 23.1 Å². The molecule has 0 aromatic heterocycles. The summed E-state index contributed by atoms with van der Waals surface area (Å²) in [7, 11) is 0. The summed E-state index contributed by atoms with van der Waals surface area (Å²) in [5.41, 5.74) is 2.52. The Hall–Kier alpha value is -2.30. The average Bonchev–Trinajstić information content (AvgIpc) is 2.63. The number of rotatable bonds is 3. The van der Waals surface area contributed by atoms with Gasteiger partial charge in [-0.3, -0.25) is 4.79 Å². The van der Waals surface area contributed by atoms with Crippen molar-refractivity contribution in [1.82, 2.24) is 10.2 Å². The van der Waals surface area contributed by atoms with E-state index in [9.17, 15) is 9.59 Å². The molecule has 1 aliphatic heterocycles. The molecule has 24 heavy (non-hydrogen) atoms. The zero-order valence-corrected chi connectivity index (χ0v) is 13.8. The van der Waals surface area contributed by atoms with Crippen LogP contribution in [0, 0.1) is 5.92 Å². The van der Waals surface area contributed by atoms with Crippen LogP contribution in [0.4, 0.5) is 4.79 Å². The van der Waals surface area contributed by atoms with Gasteiger partial charge in [-0.15, -0.1) is 0 Å². The van der Waals surface area contributed by atoms with Gasteiger partial charge in [-0.05, 0) is 43.2 Å². The number of nitrogens with one attached hydrogen (secondary N) is 1. The quantitative estimate of drug-likeness (QED) is 0.895. The third-order valence-corrected chi connectivity index (χ3v) is 5.04. The molecule has 5 nitrogen and oxygen atoms in total. The van der Waals surface area contributed by atoms with Crippen molar-refractivity contribution in [1.29, 1.82) is 0 Å². The highest BCUT2D eigenvalue weighted by molar-refractivity contribution is 5.77. The number of nitrogens with zero attached hydrogens (tertiary/aromatic N) is 1. The van der Waals surface area contributed by atoms with Gasteiger partial charge in [0, 0.05) is 19.1 Å². The summed E-state index contributed by atoms with van der Waals surface area (Å²) in [5.74, 6) is -0.959. The van der Waals surface area contributed by atoms with Crippen LogP contribution in [-0.4, -0.2) is 41.1 Å². The van der Waals surface area contributed by atoms with Crippen LogP contribution in [0.3, 0.4) is 0 Å². The first-order chi connectivity index (χ1) is 11.6. The lowest BCUT2D eigenvalue weighted by molar-refractivity contribution is -0.142. The highest BCUT2D eigenvalue weighted by Crippen LogP contribution is 2.25. The molecule has 0 unspecified atom stereocenters. The average molecular weight is 328 g/mol. The third-order valence-electron chi connectivity index (χ3n) is 5.04. The van der Waals surface area contributed by atoms with E-state index < -0.39 is 5.97 Å². The van der Waals surface area contributed by atoms with Crippen molar-refractivity contribution >= 4 is 17.6 Å². The van der Waals surface area contributed by atoms with Crippen LogP contribution < -0.4 is 5.32 Å². The number of carbonyl (C=O) groups excluding carboxylic acids is 1. The van der Waals surface area contributed by atoms with Crippen molar-refractivity contribution in [3.63, 3.8) is 0 Å². The minimum absolute atomic E-state index is 0.0304. The van der Waals surface area contributed by atoms with Gasteiger partial charge in [-0.2, -0.15) is 0 Å². The molecule has 5 heteroatoms. The van der Waals surface area contributed by atoms with Gasteiger partial charge in [0.25, 0.3) is 0 Å². The van der Waals surface area contributed by atoms with Gasteiger partial charge in [0.2, 0.25) is 0 Å². The van der Waals surface area contributed by atoms with Gasteiger partial charge in [0.15, 0.2) is 0 Å². The highest BCUT2D eigenvalue weighted by Gasteiger charge is 2.28.